The van der Waals surface area contributed by atoms with Crippen molar-refractivity contribution in [2.24, 2.45) is 0 Å². The number of rotatable bonds is 5. The zero-order chi connectivity index (χ0) is 24.9. The van der Waals surface area contributed by atoms with Crippen molar-refractivity contribution in [2.75, 3.05) is 9.80 Å². The fourth-order valence-electron chi connectivity index (χ4n) is 6.39. The normalized spacial score (nSPS) is 17.6. The van der Waals surface area contributed by atoms with Crippen LogP contribution in [0.2, 0.25) is 0 Å². The molecule has 1 unspecified atom stereocenters. The summed E-state index contributed by atoms with van der Waals surface area (Å²) in [6.07, 6.45) is 7.00. The lowest BCUT2D eigenvalue weighted by molar-refractivity contribution is 0.322. The maximum atomic E-state index is 4.89. The van der Waals surface area contributed by atoms with Crippen molar-refractivity contribution in [2.45, 2.75) is 64.5 Å². The Morgan fingerprint density at radius 1 is 0.833 bits per heavy atom. The highest BCUT2D eigenvalue weighted by atomic mass is 15.5. The number of anilines is 4. The van der Waals surface area contributed by atoms with Crippen molar-refractivity contribution in [3.8, 4) is 11.1 Å². The molecule has 182 valence electrons. The van der Waals surface area contributed by atoms with Gasteiger partial charge in [-0.2, -0.15) is 0 Å². The Bertz CT molecular complexity index is 1390. The summed E-state index contributed by atoms with van der Waals surface area (Å²) in [5.41, 5.74) is 7.93. The van der Waals surface area contributed by atoms with Crippen LogP contribution in [0, 0.1) is 0 Å². The van der Waals surface area contributed by atoms with Crippen LogP contribution in [0.5, 0.6) is 0 Å². The minimum absolute atomic E-state index is 0.0989. The third kappa shape index (κ3) is 3.35. The van der Waals surface area contributed by atoms with Crippen LogP contribution in [0.3, 0.4) is 0 Å². The molecule has 0 aliphatic carbocycles. The second-order valence-corrected chi connectivity index (χ2v) is 10.4. The summed E-state index contributed by atoms with van der Waals surface area (Å²) in [7, 11) is 0. The highest BCUT2D eigenvalue weighted by Crippen LogP contribution is 2.56. The summed E-state index contributed by atoms with van der Waals surface area (Å²) >= 11 is 0. The van der Waals surface area contributed by atoms with E-state index in [1.165, 1.54) is 27.9 Å². The lowest BCUT2D eigenvalue weighted by Gasteiger charge is -2.47. The summed E-state index contributed by atoms with van der Waals surface area (Å²) in [6, 6.07) is 26.6. The van der Waals surface area contributed by atoms with Gasteiger partial charge in [-0.15, -0.1) is 0 Å². The predicted molar refractivity (Wildman–Crippen MR) is 149 cm³/mol. The van der Waals surface area contributed by atoms with Crippen molar-refractivity contribution in [3.63, 3.8) is 0 Å². The van der Waals surface area contributed by atoms with E-state index in [0.717, 1.165) is 36.6 Å². The third-order valence-corrected chi connectivity index (χ3v) is 8.40. The Morgan fingerprint density at radius 2 is 1.50 bits per heavy atom. The van der Waals surface area contributed by atoms with Crippen molar-refractivity contribution in [1.82, 2.24) is 9.97 Å². The minimum atomic E-state index is 0.0989. The van der Waals surface area contributed by atoms with Crippen LogP contribution in [0.4, 0.5) is 23.0 Å². The molecule has 0 N–H and O–H groups in total. The lowest BCUT2D eigenvalue weighted by Crippen LogP contribution is -2.48. The van der Waals surface area contributed by atoms with Gasteiger partial charge in [0.2, 0.25) is 0 Å². The quantitative estimate of drug-likeness (QED) is 0.291. The van der Waals surface area contributed by atoms with Gasteiger partial charge in [0, 0.05) is 29.2 Å². The van der Waals surface area contributed by atoms with Gasteiger partial charge >= 0.3 is 0 Å². The molecule has 3 aromatic carbocycles. The van der Waals surface area contributed by atoms with Crippen molar-refractivity contribution >= 4 is 23.0 Å². The molecular weight excluding hydrogens is 440 g/mol. The Labute approximate surface area is 214 Å². The maximum Gasteiger partial charge on any atom is 0.178 e. The van der Waals surface area contributed by atoms with E-state index in [0.29, 0.717) is 5.92 Å². The van der Waals surface area contributed by atoms with E-state index >= 15 is 0 Å². The van der Waals surface area contributed by atoms with Crippen LogP contribution in [0.25, 0.3) is 11.1 Å². The van der Waals surface area contributed by atoms with E-state index in [9.17, 15) is 0 Å². The average molecular weight is 475 g/mol. The van der Waals surface area contributed by atoms with Gasteiger partial charge < -0.3 is 9.80 Å². The largest absolute Gasteiger partial charge is 0.302 e. The van der Waals surface area contributed by atoms with Gasteiger partial charge in [0.05, 0.1) is 0 Å². The zero-order valence-electron chi connectivity index (χ0n) is 21.6. The smallest absolute Gasteiger partial charge is 0.178 e. The molecule has 0 spiro atoms. The van der Waals surface area contributed by atoms with Gasteiger partial charge in [0.15, 0.2) is 11.6 Å². The van der Waals surface area contributed by atoms with Crippen LogP contribution in [-0.4, -0.2) is 16.1 Å². The lowest BCUT2D eigenvalue weighted by atomic mass is 9.69. The summed E-state index contributed by atoms with van der Waals surface area (Å²) in [5, 5.41) is 0. The van der Waals surface area contributed by atoms with Crippen LogP contribution in [0.15, 0.2) is 85.2 Å². The fourth-order valence-corrected chi connectivity index (χ4v) is 6.39. The van der Waals surface area contributed by atoms with E-state index in [-0.39, 0.29) is 11.6 Å². The highest BCUT2D eigenvalue weighted by molar-refractivity contribution is 5.87. The number of hydrogen-bond acceptors (Lipinski definition) is 4. The molecular formula is C32H34N4. The van der Waals surface area contributed by atoms with E-state index in [1.54, 1.807) is 0 Å². The van der Waals surface area contributed by atoms with Crippen molar-refractivity contribution in [1.29, 1.82) is 0 Å². The van der Waals surface area contributed by atoms with E-state index < -0.39 is 0 Å². The molecule has 6 rings (SSSR count). The first kappa shape index (κ1) is 22.8. The van der Waals surface area contributed by atoms with Gasteiger partial charge in [-0.1, -0.05) is 82.3 Å². The number of fused-ring (bicyclic) bond motifs is 5. The predicted octanol–water partition coefficient (Wildman–Crippen LogP) is 8.34. The van der Waals surface area contributed by atoms with Crippen LogP contribution in [0.1, 0.15) is 64.0 Å². The van der Waals surface area contributed by atoms with Gasteiger partial charge in [-0.25, -0.2) is 9.97 Å². The van der Waals surface area contributed by atoms with E-state index in [4.69, 9.17) is 9.97 Å². The summed E-state index contributed by atoms with van der Waals surface area (Å²) in [4.78, 5) is 14.6. The maximum absolute atomic E-state index is 4.89. The van der Waals surface area contributed by atoms with Crippen molar-refractivity contribution < 1.29 is 0 Å². The van der Waals surface area contributed by atoms with Gasteiger partial charge in [0.25, 0.3) is 0 Å². The molecule has 4 heteroatoms. The molecule has 2 aliphatic rings. The van der Waals surface area contributed by atoms with Crippen LogP contribution < -0.4 is 9.80 Å². The molecule has 0 fully saturated rings. The Kier molecular flexibility index (Phi) is 5.55. The molecule has 0 bridgehead atoms. The first-order chi connectivity index (χ1) is 17.6. The summed E-state index contributed by atoms with van der Waals surface area (Å²) < 4.78 is 0. The number of para-hydroxylation sites is 1. The van der Waals surface area contributed by atoms with Crippen LogP contribution in [-0.2, 0) is 5.41 Å². The van der Waals surface area contributed by atoms with E-state index in [1.807, 2.05) is 12.4 Å². The molecule has 36 heavy (non-hydrogen) atoms. The second-order valence-electron chi connectivity index (χ2n) is 10.4. The number of aromatic nitrogens is 2. The number of hydrogen-bond donors (Lipinski definition) is 0. The first-order valence-corrected chi connectivity index (χ1v) is 13.3. The molecule has 1 atom stereocenters. The fraction of sp³-hybridized carbons (Fsp3) is 0.312. The zero-order valence-corrected chi connectivity index (χ0v) is 21.6. The molecule has 0 radical (unpaired) electrons. The summed E-state index contributed by atoms with van der Waals surface area (Å²) in [5.74, 6) is 2.35. The monoisotopic (exact) mass is 474 g/mol. The van der Waals surface area contributed by atoms with Gasteiger partial charge in [0.1, 0.15) is 6.17 Å². The molecule has 4 nitrogen and oxygen atoms in total. The number of benzene rings is 3. The molecule has 4 aromatic rings. The highest BCUT2D eigenvalue weighted by Gasteiger charge is 2.50. The van der Waals surface area contributed by atoms with Gasteiger partial charge in [-0.3, -0.25) is 0 Å². The summed E-state index contributed by atoms with van der Waals surface area (Å²) in [6.45, 7) is 9.24. The van der Waals surface area contributed by atoms with Crippen LogP contribution >= 0.6 is 0 Å². The average Bonchev–Trinajstić information content (AvgIpc) is 3.26. The molecule has 3 heterocycles. The molecule has 0 amide bonds. The first-order valence-electron chi connectivity index (χ1n) is 13.3. The SMILES string of the molecule is CCC1(CC)CC2N(c3ccccc3)c3nccnc3N2c2cc(-c3ccccc3C(C)C)ccc21. The topological polar surface area (TPSA) is 32.3 Å². The molecule has 0 saturated heterocycles. The Balaban J connectivity index is 1.59. The number of nitrogens with zero attached hydrogens (tertiary/aromatic N) is 4. The minimum Gasteiger partial charge on any atom is -0.302 e. The molecule has 0 saturated carbocycles. The second kappa shape index (κ2) is 8.77. The van der Waals surface area contributed by atoms with Gasteiger partial charge in [-0.05, 0) is 65.6 Å². The third-order valence-electron chi connectivity index (χ3n) is 8.40. The molecule has 1 aromatic heterocycles. The van der Waals surface area contributed by atoms with Crippen molar-refractivity contribution in [3.05, 3.63) is 96.3 Å². The standard InChI is InChI=1S/C32H34N4/c1-5-32(6-2)21-29-35(24-12-8-7-9-13-24)30-31(34-19-18-33-30)36(29)28-20-23(16-17-27(28)32)26-15-11-10-14-25(26)22(3)4/h7-20,22,29H,5-6,21H2,1-4H3. The van der Waals surface area contributed by atoms with E-state index in [2.05, 4.69) is 110 Å². The molecule has 2 aliphatic heterocycles. The Hall–Kier alpha value is -3.66. The Morgan fingerprint density at radius 3 is 2.19 bits per heavy atom.